The lowest BCUT2D eigenvalue weighted by Crippen LogP contribution is -2.19. The molecule has 0 saturated carbocycles. The number of hydrogen-bond acceptors (Lipinski definition) is 6. The van der Waals surface area contributed by atoms with Crippen LogP contribution in [0.25, 0.3) is 0 Å². The Morgan fingerprint density at radius 3 is 2.50 bits per heavy atom. The molecule has 0 fully saturated rings. The van der Waals surface area contributed by atoms with Crippen molar-refractivity contribution in [3.8, 4) is 11.6 Å². The average molecular weight is 376 g/mol. The first-order valence-corrected chi connectivity index (χ1v) is 8.34. The predicted octanol–water partition coefficient (Wildman–Crippen LogP) is 3.47. The molecule has 0 radical (unpaired) electrons. The van der Waals surface area contributed by atoms with E-state index in [1.54, 1.807) is 24.3 Å². The second-order valence-corrected chi connectivity index (χ2v) is 5.74. The number of pyridine rings is 1. The fourth-order valence-electron chi connectivity index (χ4n) is 2.28. The number of nitrogens with one attached hydrogen (secondary N) is 1. The van der Waals surface area contributed by atoms with Gasteiger partial charge in [0, 0.05) is 12.1 Å². The fourth-order valence-corrected chi connectivity index (χ4v) is 2.28. The molecule has 0 unspecified atom stereocenters. The Morgan fingerprint density at radius 1 is 1.11 bits per heavy atom. The molecule has 1 N–H and O–H groups in total. The molecule has 140 valence electrons. The van der Waals surface area contributed by atoms with E-state index in [9.17, 15) is 14.9 Å². The molecule has 0 aliphatic rings. The van der Waals surface area contributed by atoms with Crippen molar-refractivity contribution in [2.75, 3.05) is 0 Å². The maximum atomic E-state index is 11.8. The third-order valence-corrected chi connectivity index (χ3v) is 3.64. The zero-order valence-corrected chi connectivity index (χ0v) is 14.7. The minimum Gasteiger partial charge on any atom is -0.439 e. The Labute approximate surface area is 160 Å². The first-order valence-electron chi connectivity index (χ1n) is 8.34. The number of nitrogens with zero attached hydrogens (tertiary/aromatic N) is 3. The quantitative estimate of drug-likeness (QED) is 0.386. The van der Waals surface area contributed by atoms with Gasteiger partial charge in [-0.1, -0.05) is 30.3 Å². The summed E-state index contributed by atoms with van der Waals surface area (Å²) < 4.78 is 5.53. The number of hydrogen-bond donors (Lipinski definition) is 1. The molecule has 1 amide bonds. The van der Waals surface area contributed by atoms with E-state index >= 15 is 0 Å². The lowest BCUT2D eigenvalue weighted by Gasteiger charge is -2.04. The summed E-state index contributed by atoms with van der Waals surface area (Å²) in [6.07, 6.45) is 2.92. The molecule has 0 aliphatic carbocycles. The number of carbonyl (C=O) groups excluding carboxylic acids is 1. The van der Waals surface area contributed by atoms with Crippen LogP contribution in [0, 0.1) is 10.1 Å². The molecule has 0 aliphatic heterocycles. The highest BCUT2D eigenvalue weighted by Gasteiger charge is 2.06. The molecule has 0 saturated heterocycles. The van der Waals surface area contributed by atoms with Gasteiger partial charge >= 0.3 is 0 Å². The van der Waals surface area contributed by atoms with Crippen LogP contribution in [0.4, 0.5) is 5.69 Å². The number of benzene rings is 2. The SMILES string of the molecule is O=C(Cc1ccccc1)N/N=C\c1ccc(Oc2ccc([N+](=O)[O-])cn2)cc1. The molecule has 2 aromatic carbocycles. The molecule has 0 atom stereocenters. The highest BCUT2D eigenvalue weighted by molar-refractivity contribution is 5.83. The highest BCUT2D eigenvalue weighted by atomic mass is 16.6. The van der Waals surface area contributed by atoms with Crippen LogP contribution in [-0.2, 0) is 11.2 Å². The Kier molecular flexibility index (Phi) is 6.04. The van der Waals surface area contributed by atoms with Crippen molar-refractivity contribution in [3.05, 3.63) is 94.2 Å². The lowest BCUT2D eigenvalue weighted by molar-refractivity contribution is -0.385. The van der Waals surface area contributed by atoms with Crippen molar-refractivity contribution in [2.24, 2.45) is 5.10 Å². The highest BCUT2D eigenvalue weighted by Crippen LogP contribution is 2.21. The summed E-state index contributed by atoms with van der Waals surface area (Å²) >= 11 is 0. The Balaban J connectivity index is 1.51. The van der Waals surface area contributed by atoms with Crippen LogP contribution >= 0.6 is 0 Å². The lowest BCUT2D eigenvalue weighted by atomic mass is 10.1. The maximum Gasteiger partial charge on any atom is 0.287 e. The summed E-state index contributed by atoms with van der Waals surface area (Å²) in [6, 6.07) is 19.1. The van der Waals surface area contributed by atoms with Crippen LogP contribution in [0.5, 0.6) is 11.6 Å². The molecule has 0 spiro atoms. The number of nitro groups is 1. The largest absolute Gasteiger partial charge is 0.439 e. The van der Waals surface area contributed by atoms with E-state index in [1.165, 1.54) is 18.3 Å². The van der Waals surface area contributed by atoms with Gasteiger partial charge in [-0.25, -0.2) is 10.4 Å². The molecule has 8 heteroatoms. The van der Waals surface area contributed by atoms with Gasteiger partial charge in [-0.15, -0.1) is 0 Å². The summed E-state index contributed by atoms with van der Waals surface area (Å²) in [6.45, 7) is 0. The third-order valence-electron chi connectivity index (χ3n) is 3.64. The molecule has 3 rings (SSSR count). The monoisotopic (exact) mass is 376 g/mol. The van der Waals surface area contributed by atoms with Gasteiger partial charge in [-0.2, -0.15) is 5.10 Å². The first kappa shape index (κ1) is 18.7. The molecule has 3 aromatic rings. The van der Waals surface area contributed by atoms with Gasteiger partial charge in [-0.3, -0.25) is 14.9 Å². The Morgan fingerprint density at radius 2 is 1.86 bits per heavy atom. The molecule has 1 aromatic heterocycles. The van der Waals surface area contributed by atoms with Crippen molar-refractivity contribution in [1.29, 1.82) is 0 Å². The van der Waals surface area contributed by atoms with E-state index in [0.29, 0.717) is 5.75 Å². The van der Waals surface area contributed by atoms with E-state index in [1.807, 2.05) is 30.3 Å². The standard InChI is InChI=1S/C20H16N4O4/c25-19(12-15-4-2-1-3-5-15)23-22-13-16-6-9-18(10-7-16)28-20-11-8-17(14-21-20)24(26)27/h1-11,13-14H,12H2,(H,23,25)/b22-13-. The van der Waals surface area contributed by atoms with Gasteiger partial charge in [0.15, 0.2) is 0 Å². The van der Waals surface area contributed by atoms with E-state index in [4.69, 9.17) is 4.74 Å². The zero-order valence-electron chi connectivity index (χ0n) is 14.7. The van der Waals surface area contributed by atoms with Gasteiger partial charge in [0.2, 0.25) is 11.8 Å². The average Bonchev–Trinajstić information content (AvgIpc) is 2.70. The predicted molar refractivity (Wildman–Crippen MR) is 103 cm³/mol. The van der Waals surface area contributed by atoms with E-state index in [0.717, 1.165) is 17.3 Å². The zero-order chi connectivity index (χ0) is 19.8. The van der Waals surface area contributed by atoms with Crippen molar-refractivity contribution in [1.82, 2.24) is 10.4 Å². The molecule has 28 heavy (non-hydrogen) atoms. The summed E-state index contributed by atoms with van der Waals surface area (Å²) in [7, 11) is 0. The van der Waals surface area contributed by atoms with Crippen molar-refractivity contribution < 1.29 is 14.5 Å². The second-order valence-electron chi connectivity index (χ2n) is 5.74. The van der Waals surface area contributed by atoms with Gasteiger partial charge < -0.3 is 4.74 Å². The summed E-state index contributed by atoms with van der Waals surface area (Å²) in [5.41, 5.74) is 4.06. The van der Waals surface area contributed by atoms with E-state index in [-0.39, 0.29) is 23.9 Å². The molecule has 0 bridgehead atoms. The second kappa shape index (κ2) is 9.04. The fraction of sp³-hybridized carbons (Fsp3) is 0.0500. The van der Waals surface area contributed by atoms with Crippen LogP contribution < -0.4 is 10.2 Å². The summed E-state index contributed by atoms with van der Waals surface area (Å²) in [5, 5.41) is 14.6. The Hall–Kier alpha value is -4.07. The van der Waals surface area contributed by atoms with Gasteiger partial charge in [0.05, 0.1) is 17.6 Å². The summed E-state index contributed by atoms with van der Waals surface area (Å²) in [5.74, 6) is 0.568. The van der Waals surface area contributed by atoms with Crippen LogP contribution in [0.15, 0.2) is 78.0 Å². The van der Waals surface area contributed by atoms with Crippen molar-refractivity contribution in [3.63, 3.8) is 0 Å². The van der Waals surface area contributed by atoms with Gasteiger partial charge in [0.1, 0.15) is 11.9 Å². The van der Waals surface area contributed by atoms with E-state index < -0.39 is 4.92 Å². The van der Waals surface area contributed by atoms with Gasteiger partial charge in [0.25, 0.3) is 5.69 Å². The smallest absolute Gasteiger partial charge is 0.287 e. The minimum atomic E-state index is -0.524. The van der Waals surface area contributed by atoms with Crippen LogP contribution in [0.3, 0.4) is 0 Å². The molecule has 8 nitrogen and oxygen atoms in total. The van der Waals surface area contributed by atoms with E-state index in [2.05, 4.69) is 15.5 Å². The van der Waals surface area contributed by atoms with Crippen molar-refractivity contribution in [2.45, 2.75) is 6.42 Å². The van der Waals surface area contributed by atoms with Crippen molar-refractivity contribution >= 4 is 17.8 Å². The number of aromatic nitrogens is 1. The number of rotatable bonds is 7. The molecular weight excluding hydrogens is 360 g/mol. The maximum absolute atomic E-state index is 11.8. The summed E-state index contributed by atoms with van der Waals surface area (Å²) in [4.78, 5) is 25.8. The van der Waals surface area contributed by atoms with Gasteiger partial charge in [-0.05, 0) is 35.4 Å². The molecule has 1 heterocycles. The third kappa shape index (κ3) is 5.46. The number of carbonyl (C=O) groups is 1. The van der Waals surface area contributed by atoms with Crippen LogP contribution in [0.2, 0.25) is 0 Å². The molecular formula is C20H16N4O4. The van der Waals surface area contributed by atoms with Crippen LogP contribution in [0.1, 0.15) is 11.1 Å². The van der Waals surface area contributed by atoms with Crippen LogP contribution in [-0.4, -0.2) is 22.0 Å². The Bertz CT molecular complexity index is 971. The number of ether oxygens (including phenoxy) is 1. The number of amides is 1. The number of hydrazone groups is 1. The minimum absolute atomic E-state index is 0.103. The first-order chi connectivity index (χ1) is 13.6. The topological polar surface area (TPSA) is 107 Å². The normalized spacial score (nSPS) is 10.6.